The Kier molecular flexibility index (Phi) is 6.87. The van der Waals surface area contributed by atoms with E-state index in [2.05, 4.69) is 0 Å². The molecule has 0 aromatic heterocycles. The number of nitro groups is 1. The van der Waals surface area contributed by atoms with Crippen LogP contribution in [0.4, 0.5) is 5.69 Å². The minimum absolute atomic E-state index is 0.0574. The molecular weight excluding hydrogens is 444 g/mol. The van der Waals surface area contributed by atoms with Gasteiger partial charge in [-0.1, -0.05) is 30.3 Å². The summed E-state index contributed by atoms with van der Waals surface area (Å²) in [6, 6.07) is 14.9. The standard InChI is InChI=1S/C24H24N2O8/c1-14(27)31-13-21-20(32-15(2)28)12-19-22(17-9-6-10-18(11-17)26(29)30)25-23(34-24(19)33-21)16-7-4-3-5-8-16/h3-11,19-22,24H,12-13H2,1-2H3/t19-,20-,21+,22+,24+/m0/s1. The van der Waals surface area contributed by atoms with Crippen molar-refractivity contribution in [2.24, 2.45) is 10.9 Å². The van der Waals surface area contributed by atoms with Crippen LogP contribution in [0.3, 0.4) is 0 Å². The zero-order valence-corrected chi connectivity index (χ0v) is 18.7. The maximum Gasteiger partial charge on any atom is 0.302 e. The molecule has 4 rings (SSSR count). The van der Waals surface area contributed by atoms with E-state index in [0.717, 1.165) is 5.56 Å². The maximum absolute atomic E-state index is 11.7. The van der Waals surface area contributed by atoms with Crippen molar-refractivity contribution < 1.29 is 33.5 Å². The van der Waals surface area contributed by atoms with Gasteiger partial charge in [0.1, 0.15) is 18.8 Å². The molecule has 0 aliphatic carbocycles. The highest BCUT2D eigenvalue weighted by Crippen LogP contribution is 2.43. The second-order valence-corrected chi connectivity index (χ2v) is 8.11. The van der Waals surface area contributed by atoms with Gasteiger partial charge in [-0.3, -0.25) is 19.7 Å². The number of non-ortho nitro benzene ring substituents is 1. The SMILES string of the molecule is CC(=O)OC[C@H]1O[C@@H]2OC(c3ccccc3)=N[C@H](c3cccc([N+](=O)[O-])c3)[C@@H]2C[C@@H]1OC(C)=O. The smallest absolute Gasteiger partial charge is 0.302 e. The number of carbonyl (C=O) groups is 2. The number of fused-ring (bicyclic) bond motifs is 1. The first-order chi connectivity index (χ1) is 16.3. The van der Waals surface area contributed by atoms with Crippen molar-refractivity contribution in [3.63, 3.8) is 0 Å². The number of nitro benzene ring substituents is 1. The van der Waals surface area contributed by atoms with Crippen molar-refractivity contribution in [2.45, 2.75) is 44.8 Å². The minimum Gasteiger partial charge on any atom is -0.463 e. The molecule has 0 spiro atoms. The summed E-state index contributed by atoms with van der Waals surface area (Å²) in [5.74, 6) is -1.07. The Morgan fingerprint density at radius 3 is 2.56 bits per heavy atom. The van der Waals surface area contributed by atoms with Crippen molar-refractivity contribution >= 4 is 23.5 Å². The van der Waals surface area contributed by atoms with E-state index >= 15 is 0 Å². The fourth-order valence-corrected chi connectivity index (χ4v) is 4.20. The second-order valence-electron chi connectivity index (χ2n) is 8.11. The average molecular weight is 468 g/mol. The van der Waals surface area contributed by atoms with Gasteiger partial charge >= 0.3 is 11.9 Å². The highest BCUT2D eigenvalue weighted by atomic mass is 16.7. The van der Waals surface area contributed by atoms with Crippen LogP contribution in [0.25, 0.3) is 0 Å². The molecule has 0 amide bonds. The summed E-state index contributed by atoms with van der Waals surface area (Å²) in [5.41, 5.74) is 1.28. The highest BCUT2D eigenvalue weighted by molar-refractivity contribution is 5.94. The van der Waals surface area contributed by atoms with Crippen LogP contribution in [-0.4, -0.2) is 47.9 Å². The number of benzene rings is 2. The molecule has 0 bridgehead atoms. The van der Waals surface area contributed by atoms with E-state index < -0.39 is 47.3 Å². The molecule has 10 nitrogen and oxygen atoms in total. The van der Waals surface area contributed by atoms with Crippen molar-refractivity contribution in [3.05, 3.63) is 75.8 Å². The molecule has 0 radical (unpaired) electrons. The molecule has 5 atom stereocenters. The average Bonchev–Trinajstić information content (AvgIpc) is 2.82. The molecule has 2 aliphatic rings. The first-order valence-electron chi connectivity index (χ1n) is 10.8. The van der Waals surface area contributed by atoms with E-state index in [1.165, 1.54) is 26.0 Å². The maximum atomic E-state index is 11.7. The lowest BCUT2D eigenvalue weighted by atomic mass is 9.84. The van der Waals surface area contributed by atoms with Gasteiger partial charge in [-0.05, 0) is 24.1 Å². The predicted molar refractivity (Wildman–Crippen MR) is 119 cm³/mol. The van der Waals surface area contributed by atoms with Crippen LogP contribution in [0.2, 0.25) is 0 Å². The topological polar surface area (TPSA) is 127 Å². The minimum atomic E-state index is -0.802. The third kappa shape index (κ3) is 5.23. The summed E-state index contributed by atoms with van der Waals surface area (Å²) in [6.45, 7) is 2.46. The molecular formula is C24H24N2O8. The lowest BCUT2D eigenvalue weighted by Gasteiger charge is -2.44. The van der Waals surface area contributed by atoms with E-state index in [9.17, 15) is 19.7 Å². The Hall–Kier alpha value is -3.79. The molecule has 34 heavy (non-hydrogen) atoms. The van der Waals surface area contributed by atoms with Gasteiger partial charge in [0.2, 0.25) is 12.2 Å². The van der Waals surface area contributed by atoms with Crippen LogP contribution in [0, 0.1) is 16.0 Å². The quantitative estimate of drug-likeness (QED) is 0.359. The summed E-state index contributed by atoms with van der Waals surface area (Å²) >= 11 is 0. The largest absolute Gasteiger partial charge is 0.463 e. The molecule has 2 heterocycles. The Morgan fingerprint density at radius 1 is 1.12 bits per heavy atom. The number of carbonyl (C=O) groups excluding carboxylic acids is 2. The molecule has 0 unspecified atom stereocenters. The van der Waals surface area contributed by atoms with E-state index in [-0.39, 0.29) is 12.3 Å². The number of esters is 2. The number of hydrogen-bond acceptors (Lipinski definition) is 9. The van der Waals surface area contributed by atoms with Crippen molar-refractivity contribution in [1.29, 1.82) is 0 Å². The first kappa shape index (κ1) is 23.4. The van der Waals surface area contributed by atoms with E-state index in [0.29, 0.717) is 17.9 Å². The van der Waals surface area contributed by atoms with Crippen LogP contribution in [0.15, 0.2) is 59.6 Å². The van der Waals surface area contributed by atoms with Gasteiger partial charge < -0.3 is 18.9 Å². The summed E-state index contributed by atoms with van der Waals surface area (Å²) in [4.78, 5) is 38.8. The summed E-state index contributed by atoms with van der Waals surface area (Å²) in [5, 5.41) is 11.4. The van der Waals surface area contributed by atoms with E-state index in [1.807, 2.05) is 30.3 Å². The fourth-order valence-electron chi connectivity index (χ4n) is 4.20. The molecule has 0 saturated carbocycles. The molecule has 178 valence electrons. The normalized spacial score (nSPS) is 25.8. The van der Waals surface area contributed by atoms with Crippen LogP contribution in [-0.2, 0) is 28.5 Å². The molecule has 2 aliphatic heterocycles. The van der Waals surface area contributed by atoms with E-state index in [1.54, 1.807) is 12.1 Å². The Balaban J connectivity index is 1.72. The van der Waals surface area contributed by atoms with Gasteiger partial charge in [0.25, 0.3) is 5.69 Å². The number of hydrogen-bond donors (Lipinski definition) is 0. The number of rotatable bonds is 6. The summed E-state index contributed by atoms with van der Waals surface area (Å²) in [7, 11) is 0. The fraction of sp³-hybridized carbons (Fsp3) is 0.375. The van der Waals surface area contributed by atoms with E-state index in [4.69, 9.17) is 23.9 Å². The second kappa shape index (κ2) is 10.0. The third-order valence-electron chi connectivity index (χ3n) is 5.68. The van der Waals surface area contributed by atoms with Gasteiger partial charge in [-0.15, -0.1) is 0 Å². The van der Waals surface area contributed by atoms with Gasteiger partial charge in [-0.2, -0.15) is 0 Å². The molecule has 1 fully saturated rings. The Labute approximate surface area is 195 Å². The Bertz CT molecular complexity index is 1100. The number of ether oxygens (including phenoxy) is 4. The van der Waals surface area contributed by atoms with Crippen LogP contribution in [0.5, 0.6) is 0 Å². The predicted octanol–water partition coefficient (Wildman–Crippen LogP) is 3.34. The zero-order valence-electron chi connectivity index (χ0n) is 18.7. The molecule has 10 heteroatoms. The van der Waals surface area contributed by atoms with Crippen LogP contribution < -0.4 is 0 Å². The Morgan fingerprint density at radius 2 is 1.88 bits per heavy atom. The van der Waals surface area contributed by atoms with Crippen molar-refractivity contribution in [1.82, 2.24) is 0 Å². The molecule has 2 aromatic carbocycles. The summed E-state index contributed by atoms with van der Waals surface area (Å²) < 4.78 is 22.9. The number of nitrogens with zero attached hydrogens (tertiary/aromatic N) is 2. The van der Waals surface area contributed by atoms with Crippen molar-refractivity contribution in [3.8, 4) is 0 Å². The van der Waals surface area contributed by atoms with Crippen molar-refractivity contribution in [2.75, 3.05) is 6.61 Å². The molecule has 0 N–H and O–H groups in total. The zero-order chi connectivity index (χ0) is 24.2. The third-order valence-corrected chi connectivity index (χ3v) is 5.68. The first-order valence-corrected chi connectivity index (χ1v) is 10.8. The lowest BCUT2D eigenvalue weighted by Crippen LogP contribution is -2.52. The summed E-state index contributed by atoms with van der Waals surface area (Å²) in [6.07, 6.45) is -1.95. The number of aliphatic imine (C=N–C) groups is 1. The molecule has 2 aromatic rings. The lowest BCUT2D eigenvalue weighted by molar-refractivity contribution is -0.385. The van der Waals surface area contributed by atoms with Crippen LogP contribution in [0.1, 0.15) is 37.4 Å². The van der Waals surface area contributed by atoms with Gasteiger partial charge in [0.15, 0.2) is 0 Å². The highest BCUT2D eigenvalue weighted by Gasteiger charge is 2.48. The van der Waals surface area contributed by atoms with Gasteiger partial charge in [0, 0.05) is 31.5 Å². The molecule has 1 saturated heterocycles. The van der Waals surface area contributed by atoms with Gasteiger partial charge in [0.05, 0.1) is 16.9 Å². The monoisotopic (exact) mass is 468 g/mol. The van der Waals surface area contributed by atoms with Crippen LogP contribution >= 0.6 is 0 Å². The van der Waals surface area contributed by atoms with Gasteiger partial charge in [-0.25, -0.2) is 4.99 Å².